The molecule has 1 amide bonds. The lowest BCUT2D eigenvalue weighted by Gasteiger charge is -2.08. The lowest BCUT2D eigenvalue weighted by atomic mass is 10.1. The molecule has 0 aliphatic heterocycles. The summed E-state index contributed by atoms with van der Waals surface area (Å²) in [5.74, 6) is -1.00. The Morgan fingerprint density at radius 3 is 2.21 bits per heavy atom. The summed E-state index contributed by atoms with van der Waals surface area (Å²) in [7, 11) is 0. The second kappa shape index (κ2) is 8.97. The van der Waals surface area contributed by atoms with Crippen LogP contribution in [0.25, 0.3) is 5.69 Å². The molecular weight excluding hydrogens is 370 g/mol. The van der Waals surface area contributed by atoms with Crippen LogP contribution in [0.2, 0.25) is 0 Å². The van der Waals surface area contributed by atoms with Crippen molar-refractivity contribution >= 4 is 23.3 Å². The van der Waals surface area contributed by atoms with Crippen LogP contribution >= 0.6 is 0 Å². The van der Waals surface area contributed by atoms with Gasteiger partial charge in [0.15, 0.2) is 12.4 Å². The molecule has 0 atom stereocenters. The van der Waals surface area contributed by atoms with Crippen LogP contribution in [0.3, 0.4) is 0 Å². The maximum atomic E-state index is 12.2. The summed E-state index contributed by atoms with van der Waals surface area (Å²) in [6.45, 7) is 3.33. The van der Waals surface area contributed by atoms with Gasteiger partial charge in [-0.25, -0.2) is 9.48 Å². The van der Waals surface area contributed by atoms with Crippen molar-refractivity contribution in [1.82, 2.24) is 9.78 Å². The number of hydrogen-bond donors (Lipinski definition) is 1. The van der Waals surface area contributed by atoms with Gasteiger partial charge in [-0.2, -0.15) is 5.10 Å². The minimum Gasteiger partial charge on any atom is -0.454 e. The molecule has 2 aromatic carbocycles. The van der Waals surface area contributed by atoms with Crippen molar-refractivity contribution in [3.05, 3.63) is 77.6 Å². The van der Waals surface area contributed by atoms with E-state index >= 15 is 0 Å². The van der Waals surface area contributed by atoms with Crippen molar-refractivity contribution < 1.29 is 19.1 Å². The molecule has 0 spiro atoms. The first kappa shape index (κ1) is 20.0. The molecule has 3 aromatic rings. The lowest BCUT2D eigenvalue weighted by Crippen LogP contribution is -2.14. The average Bonchev–Trinajstić information content (AvgIpc) is 3.18. The van der Waals surface area contributed by atoms with Gasteiger partial charge >= 0.3 is 5.97 Å². The Bertz CT molecular complexity index is 1020. The Morgan fingerprint density at radius 2 is 1.62 bits per heavy atom. The average molecular weight is 391 g/mol. The standard InChI is InChI=1S/C22H21N3O4/c1-3-21(27)24-18-8-4-16(5-9-18)20(26)14-29-22(28)17-6-10-19(11-7-17)25-15(2)12-13-23-25/h4-13H,3,14H2,1-2H3,(H,24,27). The third-order valence-electron chi connectivity index (χ3n) is 4.33. The Balaban J connectivity index is 1.56. The Morgan fingerprint density at radius 1 is 0.966 bits per heavy atom. The van der Waals surface area contributed by atoms with E-state index in [0.29, 0.717) is 23.2 Å². The maximum absolute atomic E-state index is 12.2. The molecule has 0 saturated heterocycles. The topological polar surface area (TPSA) is 90.3 Å². The smallest absolute Gasteiger partial charge is 0.338 e. The molecule has 0 aliphatic rings. The molecule has 0 unspecified atom stereocenters. The van der Waals surface area contributed by atoms with Gasteiger partial charge in [0.25, 0.3) is 0 Å². The van der Waals surface area contributed by atoms with Gasteiger partial charge in [0, 0.05) is 29.6 Å². The molecule has 1 N–H and O–H groups in total. The van der Waals surface area contributed by atoms with Gasteiger partial charge in [0.1, 0.15) is 0 Å². The van der Waals surface area contributed by atoms with Crippen LogP contribution in [0.1, 0.15) is 39.8 Å². The molecule has 0 bridgehead atoms. The van der Waals surface area contributed by atoms with Crippen molar-refractivity contribution in [2.24, 2.45) is 0 Å². The quantitative estimate of drug-likeness (QED) is 0.491. The molecule has 1 heterocycles. The van der Waals surface area contributed by atoms with Crippen molar-refractivity contribution in [3.63, 3.8) is 0 Å². The number of nitrogens with one attached hydrogen (secondary N) is 1. The Kier molecular flexibility index (Phi) is 6.19. The number of carbonyl (C=O) groups excluding carboxylic acids is 3. The van der Waals surface area contributed by atoms with Crippen LogP contribution in [-0.4, -0.2) is 34.0 Å². The molecule has 0 aliphatic carbocycles. The van der Waals surface area contributed by atoms with E-state index in [2.05, 4.69) is 10.4 Å². The van der Waals surface area contributed by atoms with E-state index in [1.165, 1.54) is 0 Å². The third-order valence-corrected chi connectivity index (χ3v) is 4.33. The Labute approximate surface area is 168 Å². The summed E-state index contributed by atoms with van der Waals surface area (Å²) in [5, 5.41) is 6.92. The molecule has 0 radical (unpaired) electrons. The molecule has 29 heavy (non-hydrogen) atoms. The van der Waals surface area contributed by atoms with E-state index in [-0.39, 0.29) is 18.3 Å². The highest BCUT2D eigenvalue weighted by Gasteiger charge is 2.13. The monoisotopic (exact) mass is 391 g/mol. The molecule has 7 heteroatoms. The number of benzene rings is 2. The molecule has 3 rings (SSSR count). The third kappa shape index (κ3) is 4.95. The van der Waals surface area contributed by atoms with Gasteiger partial charge in [-0.3, -0.25) is 9.59 Å². The second-order valence-corrected chi connectivity index (χ2v) is 6.41. The normalized spacial score (nSPS) is 10.4. The van der Waals surface area contributed by atoms with Crippen LogP contribution in [0, 0.1) is 6.92 Å². The number of rotatable bonds is 7. The number of aromatic nitrogens is 2. The van der Waals surface area contributed by atoms with Gasteiger partial charge in [0.2, 0.25) is 5.91 Å². The highest BCUT2D eigenvalue weighted by atomic mass is 16.5. The number of aryl methyl sites for hydroxylation is 1. The number of Topliss-reactive ketones (excluding diaryl/α,β-unsaturated/α-hetero) is 1. The fraction of sp³-hybridized carbons (Fsp3) is 0.182. The fourth-order valence-corrected chi connectivity index (χ4v) is 2.67. The first-order valence-electron chi connectivity index (χ1n) is 9.19. The number of esters is 1. The Hall–Kier alpha value is -3.74. The highest BCUT2D eigenvalue weighted by molar-refractivity contribution is 6.00. The van der Waals surface area contributed by atoms with E-state index in [9.17, 15) is 14.4 Å². The van der Waals surface area contributed by atoms with E-state index in [1.54, 1.807) is 66.3 Å². The number of anilines is 1. The lowest BCUT2D eigenvalue weighted by molar-refractivity contribution is -0.115. The minimum absolute atomic E-state index is 0.105. The molecule has 0 saturated carbocycles. The summed E-state index contributed by atoms with van der Waals surface area (Å²) in [6, 6.07) is 15.1. The zero-order valence-corrected chi connectivity index (χ0v) is 16.2. The van der Waals surface area contributed by atoms with Gasteiger partial charge in [-0.1, -0.05) is 6.92 Å². The van der Waals surface area contributed by atoms with Crippen LogP contribution < -0.4 is 5.32 Å². The van der Waals surface area contributed by atoms with Gasteiger partial charge < -0.3 is 10.1 Å². The minimum atomic E-state index is -0.575. The number of hydrogen-bond acceptors (Lipinski definition) is 5. The van der Waals surface area contributed by atoms with E-state index in [0.717, 1.165) is 11.4 Å². The van der Waals surface area contributed by atoms with Gasteiger partial charge in [-0.05, 0) is 61.5 Å². The van der Waals surface area contributed by atoms with Crippen molar-refractivity contribution in [2.45, 2.75) is 20.3 Å². The van der Waals surface area contributed by atoms with Crippen molar-refractivity contribution in [2.75, 3.05) is 11.9 Å². The van der Waals surface area contributed by atoms with Crippen molar-refractivity contribution in [1.29, 1.82) is 0 Å². The first-order chi connectivity index (χ1) is 14.0. The number of ether oxygens (including phenoxy) is 1. The van der Waals surface area contributed by atoms with Crippen LogP contribution in [0.15, 0.2) is 60.8 Å². The van der Waals surface area contributed by atoms with Crippen LogP contribution in [-0.2, 0) is 9.53 Å². The van der Waals surface area contributed by atoms with E-state index < -0.39 is 5.97 Å². The molecule has 148 valence electrons. The van der Waals surface area contributed by atoms with Gasteiger partial charge in [-0.15, -0.1) is 0 Å². The highest BCUT2D eigenvalue weighted by Crippen LogP contribution is 2.13. The second-order valence-electron chi connectivity index (χ2n) is 6.41. The predicted molar refractivity (Wildman–Crippen MR) is 108 cm³/mol. The summed E-state index contributed by atoms with van der Waals surface area (Å²) in [4.78, 5) is 35.8. The summed E-state index contributed by atoms with van der Waals surface area (Å²) in [5.41, 5.74) is 3.17. The van der Waals surface area contributed by atoms with Crippen molar-refractivity contribution in [3.8, 4) is 5.69 Å². The first-order valence-corrected chi connectivity index (χ1v) is 9.19. The van der Waals surface area contributed by atoms with Crippen LogP contribution in [0.4, 0.5) is 5.69 Å². The summed E-state index contributed by atoms with van der Waals surface area (Å²) < 4.78 is 6.89. The number of carbonyl (C=O) groups is 3. The zero-order valence-electron chi connectivity index (χ0n) is 16.2. The molecule has 1 aromatic heterocycles. The van der Waals surface area contributed by atoms with Gasteiger partial charge in [0.05, 0.1) is 11.3 Å². The van der Waals surface area contributed by atoms with Crippen LogP contribution in [0.5, 0.6) is 0 Å². The zero-order chi connectivity index (χ0) is 20.8. The number of amides is 1. The predicted octanol–water partition coefficient (Wildman–Crippen LogP) is 3.57. The maximum Gasteiger partial charge on any atom is 0.338 e. The number of ketones is 1. The summed E-state index contributed by atoms with van der Waals surface area (Å²) >= 11 is 0. The fourth-order valence-electron chi connectivity index (χ4n) is 2.67. The summed E-state index contributed by atoms with van der Waals surface area (Å²) in [6.07, 6.45) is 2.08. The molecule has 7 nitrogen and oxygen atoms in total. The molecule has 0 fully saturated rings. The molecular formula is C22H21N3O4. The largest absolute Gasteiger partial charge is 0.454 e. The SMILES string of the molecule is CCC(=O)Nc1ccc(C(=O)COC(=O)c2ccc(-n3nccc3C)cc2)cc1. The van der Waals surface area contributed by atoms with E-state index in [4.69, 9.17) is 4.74 Å². The van der Waals surface area contributed by atoms with E-state index in [1.807, 2.05) is 13.0 Å². The number of nitrogens with zero attached hydrogens (tertiary/aromatic N) is 2.